The molecule has 0 saturated heterocycles. The molecule has 2 aromatic rings. The molecule has 0 saturated carbocycles. The van der Waals surface area contributed by atoms with E-state index in [1.165, 1.54) is 6.07 Å². The van der Waals surface area contributed by atoms with Crippen molar-refractivity contribution in [3.63, 3.8) is 0 Å². The molecule has 0 aliphatic heterocycles. The van der Waals surface area contributed by atoms with Gasteiger partial charge in [-0.2, -0.15) is 0 Å². The van der Waals surface area contributed by atoms with Crippen molar-refractivity contribution < 1.29 is 9.13 Å². The second-order valence-corrected chi connectivity index (χ2v) is 4.22. The van der Waals surface area contributed by atoms with Crippen LogP contribution in [-0.4, -0.2) is 12.1 Å². The Labute approximate surface area is 112 Å². The Morgan fingerprint density at radius 2 is 2.05 bits per heavy atom. The first kappa shape index (κ1) is 13.3. The molecule has 0 aliphatic carbocycles. The number of hydrogen-bond donors (Lipinski definition) is 1. The van der Waals surface area contributed by atoms with E-state index in [0.717, 1.165) is 12.1 Å². The van der Waals surface area contributed by atoms with Crippen LogP contribution in [0, 0.1) is 5.82 Å². The number of nitrogens with zero attached hydrogens (tertiary/aromatic N) is 1. The number of halogens is 1. The number of pyridine rings is 1. The van der Waals surface area contributed by atoms with Gasteiger partial charge in [0.15, 0.2) is 0 Å². The van der Waals surface area contributed by atoms with E-state index in [0.29, 0.717) is 11.4 Å². The van der Waals surface area contributed by atoms with Crippen molar-refractivity contribution in [2.45, 2.75) is 19.4 Å². The van der Waals surface area contributed by atoms with Crippen LogP contribution in [0.5, 0.6) is 5.88 Å². The molecular formula is C15H17FN2O. The molecule has 0 spiro atoms. The summed E-state index contributed by atoms with van der Waals surface area (Å²) in [6.07, 6.45) is 2.47. The van der Waals surface area contributed by atoms with E-state index in [9.17, 15) is 4.39 Å². The summed E-state index contributed by atoms with van der Waals surface area (Å²) in [5, 5.41) is 3.28. The average molecular weight is 260 g/mol. The molecule has 1 atom stereocenters. The van der Waals surface area contributed by atoms with Crippen molar-refractivity contribution in [1.82, 2.24) is 4.98 Å². The lowest BCUT2D eigenvalue weighted by atomic mass is 10.0. The van der Waals surface area contributed by atoms with Gasteiger partial charge >= 0.3 is 0 Å². The molecule has 0 aliphatic rings. The van der Waals surface area contributed by atoms with Crippen LogP contribution in [0.15, 0.2) is 42.6 Å². The second kappa shape index (κ2) is 6.18. The summed E-state index contributed by atoms with van der Waals surface area (Å²) in [5.74, 6) is 0.368. The number of ether oxygens (including phenoxy) is 1. The van der Waals surface area contributed by atoms with Crippen LogP contribution in [0.2, 0.25) is 0 Å². The highest BCUT2D eigenvalue weighted by Gasteiger charge is 2.13. The lowest BCUT2D eigenvalue weighted by molar-refractivity contribution is 0.398. The first-order valence-corrected chi connectivity index (χ1v) is 6.25. The molecule has 1 unspecified atom stereocenters. The van der Waals surface area contributed by atoms with Gasteiger partial charge in [0.05, 0.1) is 25.0 Å². The first-order valence-electron chi connectivity index (χ1n) is 6.25. The van der Waals surface area contributed by atoms with Gasteiger partial charge in [0.25, 0.3) is 0 Å². The smallest absolute Gasteiger partial charge is 0.213 e. The molecule has 0 radical (unpaired) electrons. The first-order chi connectivity index (χ1) is 9.24. The van der Waals surface area contributed by atoms with Crippen LogP contribution in [-0.2, 0) is 0 Å². The average Bonchev–Trinajstić information content (AvgIpc) is 2.46. The monoisotopic (exact) mass is 260 g/mol. The van der Waals surface area contributed by atoms with Crippen molar-refractivity contribution in [2.24, 2.45) is 0 Å². The van der Waals surface area contributed by atoms with Crippen LogP contribution < -0.4 is 10.1 Å². The third-order valence-corrected chi connectivity index (χ3v) is 2.98. The lowest BCUT2D eigenvalue weighted by Crippen LogP contribution is -2.11. The number of aromatic nitrogens is 1. The van der Waals surface area contributed by atoms with Gasteiger partial charge in [0.2, 0.25) is 5.88 Å². The number of nitrogens with one attached hydrogen (secondary N) is 1. The van der Waals surface area contributed by atoms with Crippen LogP contribution in [0.3, 0.4) is 0 Å². The molecule has 1 heterocycles. The van der Waals surface area contributed by atoms with Gasteiger partial charge < -0.3 is 10.1 Å². The molecule has 100 valence electrons. The molecular weight excluding hydrogens is 243 g/mol. The SMILES string of the molecule is CCC(Nc1ccc(OC)nc1)c1ccccc1F. The predicted molar refractivity (Wildman–Crippen MR) is 73.8 cm³/mol. The van der Waals surface area contributed by atoms with Crippen LogP contribution >= 0.6 is 0 Å². The minimum Gasteiger partial charge on any atom is -0.481 e. The van der Waals surface area contributed by atoms with Crippen molar-refractivity contribution in [3.8, 4) is 5.88 Å². The second-order valence-electron chi connectivity index (χ2n) is 4.22. The van der Waals surface area contributed by atoms with E-state index in [2.05, 4.69) is 10.3 Å². The van der Waals surface area contributed by atoms with Crippen LogP contribution in [0.4, 0.5) is 10.1 Å². The maximum Gasteiger partial charge on any atom is 0.213 e. The molecule has 1 aromatic carbocycles. The van der Waals surface area contributed by atoms with Gasteiger partial charge in [0, 0.05) is 11.6 Å². The maximum absolute atomic E-state index is 13.8. The van der Waals surface area contributed by atoms with Gasteiger partial charge in [-0.15, -0.1) is 0 Å². The molecule has 0 fully saturated rings. The molecule has 19 heavy (non-hydrogen) atoms. The highest BCUT2D eigenvalue weighted by atomic mass is 19.1. The minimum atomic E-state index is -0.191. The number of anilines is 1. The molecule has 0 amide bonds. The molecule has 2 rings (SSSR count). The number of hydrogen-bond acceptors (Lipinski definition) is 3. The minimum absolute atomic E-state index is 0.0728. The Kier molecular flexibility index (Phi) is 4.34. The number of methoxy groups -OCH3 is 1. The zero-order chi connectivity index (χ0) is 13.7. The van der Waals surface area contributed by atoms with Crippen LogP contribution in [0.25, 0.3) is 0 Å². The third kappa shape index (κ3) is 3.22. The fraction of sp³-hybridized carbons (Fsp3) is 0.267. The Hall–Kier alpha value is -2.10. The Bertz CT molecular complexity index is 528. The third-order valence-electron chi connectivity index (χ3n) is 2.98. The largest absolute Gasteiger partial charge is 0.481 e. The summed E-state index contributed by atoms with van der Waals surface area (Å²) < 4.78 is 18.8. The van der Waals surface area contributed by atoms with E-state index in [1.54, 1.807) is 31.5 Å². The van der Waals surface area contributed by atoms with E-state index < -0.39 is 0 Å². The van der Waals surface area contributed by atoms with Gasteiger partial charge in [-0.05, 0) is 18.6 Å². The van der Waals surface area contributed by atoms with Crippen molar-refractivity contribution in [3.05, 3.63) is 54.0 Å². The summed E-state index contributed by atoms with van der Waals surface area (Å²) in [4.78, 5) is 4.12. The molecule has 1 aromatic heterocycles. The van der Waals surface area contributed by atoms with E-state index in [1.807, 2.05) is 19.1 Å². The van der Waals surface area contributed by atoms with Gasteiger partial charge in [-0.25, -0.2) is 9.37 Å². The van der Waals surface area contributed by atoms with E-state index in [4.69, 9.17) is 4.74 Å². The van der Waals surface area contributed by atoms with E-state index >= 15 is 0 Å². The summed E-state index contributed by atoms with van der Waals surface area (Å²) in [6.45, 7) is 2.01. The Morgan fingerprint density at radius 3 is 2.63 bits per heavy atom. The van der Waals surface area contributed by atoms with Crippen LogP contribution in [0.1, 0.15) is 24.9 Å². The van der Waals surface area contributed by atoms with Gasteiger partial charge in [0.1, 0.15) is 5.82 Å². The highest BCUT2D eigenvalue weighted by molar-refractivity contribution is 5.44. The predicted octanol–water partition coefficient (Wildman–Crippen LogP) is 3.79. The van der Waals surface area contributed by atoms with Crippen molar-refractivity contribution >= 4 is 5.69 Å². The van der Waals surface area contributed by atoms with Gasteiger partial charge in [-0.3, -0.25) is 0 Å². The summed E-state index contributed by atoms with van der Waals surface area (Å²) in [7, 11) is 1.57. The fourth-order valence-corrected chi connectivity index (χ4v) is 1.95. The summed E-state index contributed by atoms with van der Waals surface area (Å²) in [6, 6.07) is 10.4. The Balaban J connectivity index is 2.17. The molecule has 4 heteroatoms. The maximum atomic E-state index is 13.8. The number of benzene rings is 1. The van der Waals surface area contributed by atoms with E-state index in [-0.39, 0.29) is 11.9 Å². The quantitative estimate of drug-likeness (QED) is 0.888. The molecule has 1 N–H and O–H groups in total. The number of rotatable bonds is 5. The summed E-state index contributed by atoms with van der Waals surface area (Å²) >= 11 is 0. The highest BCUT2D eigenvalue weighted by Crippen LogP contribution is 2.24. The molecule has 0 bridgehead atoms. The fourth-order valence-electron chi connectivity index (χ4n) is 1.95. The summed E-state index contributed by atoms with van der Waals surface area (Å²) in [5.41, 5.74) is 1.51. The normalized spacial score (nSPS) is 11.9. The topological polar surface area (TPSA) is 34.1 Å². The zero-order valence-electron chi connectivity index (χ0n) is 11.1. The zero-order valence-corrected chi connectivity index (χ0v) is 11.1. The van der Waals surface area contributed by atoms with Gasteiger partial charge in [-0.1, -0.05) is 25.1 Å². The Morgan fingerprint density at radius 1 is 1.26 bits per heavy atom. The van der Waals surface area contributed by atoms with Crippen molar-refractivity contribution in [1.29, 1.82) is 0 Å². The molecule has 3 nitrogen and oxygen atoms in total. The van der Waals surface area contributed by atoms with Crippen molar-refractivity contribution in [2.75, 3.05) is 12.4 Å². The standard InChI is InChI=1S/C15H17FN2O/c1-3-14(12-6-4-5-7-13(12)16)18-11-8-9-15(19-2)17-10-11/h4-10,14,18H,3H2,1-2H3. The lowest BCUT2D eigenvalue weighted by Gasteiger charge is -2.19.